The Morgan fingerprint density at radius 3 is 1.19 bits per heavy atom. The zero-order valence-electron chi connectivity index (χ0n) is 35.7. The van der Waals surface area contributed by atoms with Crippen LogP contribution in [0, 0.1) is 6.92 Å². The van der Waals surface area contributed by atoms with Crippen molar-refractivity contribution in [3.8, 4) is 39.1 Å². The third kappa shape index (κ3) is 8.30. The molecule has 0 aliphatic carbocycles. The molecular formula is C51H45F3N6O4. The number of primary amides is 3. The van der Waals surface area contributed by atoms with E-state index in [1.165, 1.54) is 10.6 Å². The van der Waals surface area contributed by atoms with E-state index >= 15 is 0 Å². The van der Waals surface area contributed by atoms with Crippen LogP contribution in [-0.4, -0.2) is 38.5 Å². The first kappa shape index (κ1) is 44.0. The van der Waals surface area contributed by atoms with Crippen molar-refractivity contribution in [3.05, 3.63) is 174 Å². The summed E-state index contributed by atoms with van der Waals surface area (Å²) in [4.78, 5) is 35.6. The molecule has 0 saturated heterocycles. The van der Waals surface area contributed by atoms with Gasteiger partial charge in [0.25, 0.3) is 17.7 Å². The standard InChI is InChI=1S/C17H13F3N2O.C17H16N2O2.C17H16N2O/c1-22-13-8-7-11(17(18,19)20)9-12(13)14(15(22)16(21)23)10-5-3-2-4-6-10;1-19-14-9-8-12(21-2)10-13(14)15(16(19)17(18)20)11-6-4-3-5-7-11;1-11-8-9-14-13(10-11)15(12-6-4-3-5-7-12)16(17(18)20)19(14)2/h2-9H,1H3,(H2,21,23);3-10H,1-2H3,(H2,18,20);3-10H,1-2H3,(H2,18,20). The van der Waals surface area contributed by atoms with E-state index in [-0.39, 0.29) is 5.69 Å². The Kier molecular flexibility index (Phi) is 12.2. The van der Waals surface area contributed by atoms with E-state index in [2.05, 4.69) is 6.07 Å². The van der Waals surface area contributed by atoms with Crippen LogP contribution in [0.3, 0.4) is 0 Å². The van der Waals surface area contributed by atoms with Gasteiger partial charge in [-0.2, -0.15) is 13.2 Å². The van der Waals surface area contributed by atoms with Crippen molar-refractivity contribution in [1.29, 1.82) is 0 Å². The molecule has 13 heteroatoms. The van der Waals surface area contributed by atoms with Gasteiger partial charge in [0.1, 0.15) is 22.8 Å². The SMILES string of the molecule is COc1ccc2c(c1)c(-c1ccccc1)c(C(N)=O)n2C.Cc1ccc2c(c1)c(-c1ccccc1)c(C(N)=O)n2C.Cn1c(C(N)=O)c(-c2ccccc2)c2cc(C(F)(F)F)ccc21. The molecule has 0 aliphatic heterocycles. The minimum atomic E-state index is -4.45. The summed E-state index contributed by atoms with van der Waals surface area (Å²) in [7, 11) is 6.97. The third-order valence-electron chi connectivity index (χ3n) is 11.2. The Morgan fingerprint density at radius 1 is 0.484 bits per heavy atom. The second-order valence-corrected chi connectivity index (χ2v) is 15.2. The van der Waals surface area contributed by atoms with Gasteiger partial charge in [-0.15, -0.1) is 0 Å². The van der Waals surface area contributed by atoms with E-state index < -0.39 is 29.5 Å². The molecule has 3 aromatic heterocycles. The number of halogens is 3. The fourth-order valence-corrected chi connectivity index (χ4v) is 8.29. The van der Waals surface area contributed by atoms with Gasteiger partial charge >= 0.3 is 6.18 Å². The first-order valence-corrected chi connectivity index (χ1v) is 20.0. The number of carbonyl (C=O) groups is 3. The molecule has 0 atom stereocenters. The number of benzene rings is 6. The average molecular weight is 863 g/mol. The monoisotopic (exact) mass is 862 g/mol. The molecule has 0 saturated carbocycles. The number of aromatic nitrogens is 3. The molecule has 9 aromatic rings. The molecule has 9 rings (SSSR count). The van der Waals surface area contributed by atoms with Crippen LogP contribution >= 0.6 is 0 Å². The first-order valence-electron chi connectivity index (χ1n) is 20.0. The second-order valence-electron chi connectivity index (χ2n) is 15.2. The number of nitrogens with zero attached hydrogens (tertiary/aromatic N) is 3. The molecule has 6 aromatic carbocycles. The van der Waals surface area contributed by atoms with Gasteiger partial charge in [0.15, 0.2) is 0 Å². The topological polar surface area (TPSA) is 153 Å². The van der Waals surface area contributed by atoms with E-state index in [4.69, 9.17) is 21.9 Å². The third-order valence-corrected chi connectivity index (χ3v) is 11.2. The summed E-state index contributed by atoms with van der Waals surface area (Å²) < 4.78 is 49.6. The molecule has 3 amide bonds. The number of amides is 3. The summed E-state index contributed by atoms with van der Waals surface area (Å²) in [5, 5.41) is 2.37. The van der Waals surface area contributed by atoms with E-state index in [1.54, 1.807) is 44.5 Å². The van der Waals surface area contributed by atoms with Gasteiger partial charge in [-0.25, -0.2) is 0 Å². The summed E-state index contributed by atoms with van der Waals surface area (Å²) in [6.07, 6.45) is -4.45. The Labute approximate surface area is 366 Å². The maximum atomic E-state index is 13.0. The molecule has 0 radical (unpaired) electrons. The number of hydrogen-bond donors (Lipinski definition) is 3. The summed E-state index contributed by atoms with van der Waals surface area (Å²) in [6.45, 7) is 2.05. The second kappa shape index (κ2) is 17.7. The van der Waals surface area contributed by atoms with Crippen molar-refractivity contribution in [1.82, 2.24) is 13.7 Å². The fraction of sp³-hybridized carbons (Fsp3) is 0.118. The first-order chi connectivity index (χ1) is 30.5. The number of ether oxygens (including phenoxy) is 1. The number of fused-ring (bicyclic) bond motifs is 3. The normalized spacial score (nSPS) is 11.2. The van der Waals surface area contributed by atoms with Crippen molar-refractivity contribution >= 4 is 50.4 Å². The minimum Gasteiger partial charge on any atom is -0.497 e. The highest BCUT2D eigenvalue weighted by atomic mass is 19.4. The smallest absolute Gasteiger partial charge is 0.416 e. The van der Waals surface area contributed by atoms with Crippen LogP contribution in [0.1, 0.15) is 42.6 Å². The van der Waals surface area contributed by atoms with Gasteiger partial charge in [0.2, 0.25) is 0 Å². The summed E-state index contributed by atoms with van der Waals surface area (Å²) in [6, 6.07) is 43.8. The van der Waals surface area contributed by atoms with Gasteiger partial charge in [-0.3, -0.25) is 14.4 Å². The van der Waals surface area contributed by atoms with Crippen LogP contribution in [0.15, 0.2) is 146 Å². The maximum Gasteiger partial charge on any atom is 0.416 e. The highest BCUT2D eigenvalue weighted by Crippen LogP contribution is 2.40. The van der Waals surface area contributed by atoms with Crippen LogP contribution in [-0.2, 0) is 27.3 Å². The number of hydrogen-bond acceptors (Lipinski definition) is 4. The molecule has 3 heterocycles. The van der Waals surface area contributed by atoms with Crippen LogP contribution in [0.25, 0.3) is 66.1 Å². The molecular weight excluding hydrogens is 818 g/mol. The quantitative estimate of drug-likeness (QED) is 0.146. The van der Waals surface area contributed by atoms with Gasteiger partial charge in [0.05, 0.1) is 12.7 Å². The van der Waals surface area contributed by atoms with Crippen molar-refractivity contribution < 1.29 is 32.3 Å². The van der Waals surface area contributed by atoms with Crippen LogP contribution < -0.4 is 21.9 Å². The van der Waals surface area contributed by atoms with Crippen molar-refractivity contribution in [2.75, 3.05) is 7.11 Å². The number of aryl methyl sites for hydroxylation is 4. The Morgan fingerprint density at radius 2 is 0.828 bits per heavy atom. The van der Waals surface area contributed by atoms with Crippen LogP contribution in [0.2, 0.25) is 0 Å². The summed E-state index contributed by atoms with van der Waals surface area (Å²) in [5.74, 6) is -0.774. The number of carbonyl (C=O) groups excluding carboxylic acids is 3. The van der Waals surface area contributed by atoms with Gasteiger partial charge in [0, 0.05) is 70.5 Å². The number of nitrogens with two attached hydrogens (primary N) is 3. The van der Waals surface area contributed by atoms with E-state index in [0.29, 0.717) is 33.4 Å². The van der Waals surface area contributed by atoms with Crippen molar-refractivity contribution in [3.63, 3.8) is 0 Å². The zero-order valence-corrected chi connectivity index (χ0v) is 35.7. The molecule has 0 spiro atoms. The predicted octanol–water partition coefficient (Wildman–Crippen LogP) is 10.2. The lowest BCUT2D eigenvalue weighted by Crippen LogP contribution is -2.16. The highest BCUT2D eigenvalue weighted by molar-refractivity contribution is 6.12. The lowest BCUT2D eigenvalue weighted by atomic mass is 10.00. The number of rotatable bonds is 7. The lowest BCUT2D eigenvalue weighted by molar-refractivity contribution is -0.137. The highest BCUT2D eigenvalue weighted by Gasteiger charge is 2.32. The molecule has 324 valence electrons. The molecule has 64 heavy (non-hydrogen) atoms. The largest absolute Gasteiger partial charge is 0.497 e. The average Bonchev–Trinajstić information content (AvgIpc) is 3.87. The molecule has 0 bridgehead atoms. The fourth-order valence-electron chi connectivity index (χ4n) is 8.29. The summed E-state index contributed by atoms with van der Waals surface area (Å²) in [5.41, 5.74) is 25.6. The Balaban J connectivity index is 0.000000144. The van der Waals surface area contributed by atoms with Crippen LogP contribution in [0.5, 0.6) is 5.75 Å². The van der Waals surface area contributed by atoms with E-state index in [9.17, 15) is 27.6 Å². The Hall–Kier alpha value is -8.06. The molecule has 0 aliphatic rings. The molecule has 0 unspecified atom stereocenters. The Bertz CT molecular complexity index is 3210. The van der Waals surface area contributed by atoms with E-state index in [1.807, 2.05) is 121 Å². The van der Waals surface area contributed by atoms with Crippen molar-refractivity contribution in [2.45, 2.75) is 13.1 Å². The van der Waals surface area contributed by atoms with E-state index in [0.717, 1.165) is 67.5 Å². The van der Waals surface area contributed by atoms with Crippen molar-refractivity contribution in [2.24, 2.45) is 38.3 Å². The maximum absolute atomic E-state index is 13.0. The molecule has 10 nitrogen and oxygen atoms in total. The molecule has 0 fully saturated rings. The summed E-state index contributed by atoms with van der Waals surface area (Å²) >= 11 is 0. The molecule has 6 N–H and O–H groups in total. The van der Waals surface area contributed by atoms with Crippen LogP contribution in [0.4, 0.5) is 13.2 Å². The number of methoxy groups -OCH3 is 1. The minimum absolute atomic E-state index is 0.186. The predicted molar refractivity (Wildman–Crippen MR) is 247 cm³/mol. The number of alkyl halides is 3. The van der Waals surface area contributed by atoms with Gasteiger partial charge in [-0.05, 0) is 72.1 Å². The van der Waals surface area contributed by atoms with Gasteiger partial charge in [-0.1, -0.05) is 103 Å². The lowest BCUT2D eigenvalue weighted by Gasteiger charge is -2.07. The zero-order chi connectivity index (χ0) is 46.0. The van der Waals surface area contributed by atoms with Gasteiger partial charge < -0.3 is 35.6 Å².